The Morgan fingerprint density at radius 3 is 1.77 bits per heavy atom. The number of ketones is 1. The van der Waals surface area contributed by atoms with Gasteiger partial charge in [0.2, 0.25) is 11.8 Å². The molecule has 2 N–H and O–H groups in total. The van der Waals surface area contributed by atoms with Crippen LogP contribution in [0.3, 0.4) is 0 Å². The van der Waals surface area contributed by atoms with Crippen LogP contribution in [-0.4, -0.2) is 29.7 Å². The zero-order valence-corrected chi connectivity index (χ0v) is 15.2. The Morgan fingerprint density at radius 2 is 1.41 bits per heavy atom. The fraction of sp³-hybridized carbons (Fsp3) is 0.824. The summed E-state index contributed by atoms with van der Waals surface area (Å²) in [5, 5.41) is 5.49. The number of rotatable bonds is 7. The van der Waals surface area contributed by atoms with Crippen molar-refractivity contribution in [3.63, 3.8) is 0 Å². The Kier molecular flexibility index (Phi) is 7.77. The smallest absolute Gasteiger partial charge is 0.243 e. The molecule has 5 heteroatoms. The van der Waals surface area contributed by atoms with Gasteiger partial charge < -0.3 is 10.6 Å². The average Bonchev–Trinajstić information content (AvgIpc) is 2.32. The van der Waals surface area contributed by atoms with Gasteiger partial charge >= 0.3 is 0 Å². The summed E-state index contributed by atoms with van der Waals surface area (Å²) in [6, 6.07) is -1.20. The molecule has 0 aliphatic rings. The summed E-state index contributed by atoms with van der Waals surface area (Å²) >= 11 is 0. The molecule has 0 radical (unpaired) electrons. The van der Waals surface area contributed by atoms with Crippen LogP contribution in [0.25, 0.3) is 0 Å². The number of amides is 2. The van der Waals surface area contributed by atoms with Crippen LogP contribution in [0.1, 0.15) is 61.8 Å². The molecule has 0 bridgehead atoms. The van der Waals surface area contributed by atoms with E-state index in [9.17, 15) is 14.4 Å². The SMILES string of the molecule is CC(C)CC(=O)NC(C(=O)N[C@@H](C)C(=O)C(C)(C)C)C(C)C. The summed E-state index contributed by atoms with van der Waals surface area (Å²) in [7, 11) is 0. The molecule has 5 nitrogen and oxygen atoms in total. The molecule has 0 aliphatic heterocycles. The summed E-state index contributed by atoms with van der Waals surface area (Å²) in [6.07, 6.45) is 0.382. The number of hydrogen-bond acceptors (Lipinski definition) is 3. The van der Waals surface area contributed by atoms with Gasteiger partial charge in [0.1, 0.15) is 6.04 Å². The van der Waals surface area contributed by atoms with Crippen molar-refractivity contribution in [1.82, 2.24) is 10.6 Å². The van der Waals surface area contributed by atoms with E-state index in [2.05, 4.69) is 10.6 Å². The van der Waals surface area contributed by atoms with Crippen molar-refractivity contribution >= 4 is 17.6 Å². The summed E-state index contributed by atoms with van der Waals surface area (Å²) < 4.78 is 0. The maximum atomic E-state index is 12.4. The molecular weight excluding hydrogens is 280 g/mol. The van der Waals surface area contributed by atoms with Crippen LogP contribution in [0.4, 0.5) is 0 Å². The minimum absolute atomic E-state index is 0.0307. The van der Waals surface area contributed by atoms with Crippen molar-refractivity contribution in [2.75, 3.05) is 0 Å². The van der Waals surface area contributed by atoms with Crippen molar-refractivity contribution < 1.29 is 14.4 Å². The van der Waals surface area contributed by atoms with Gasteiger partial charge in [-0.2, -0.15) is 0 Å². The largest absolute Gasteiger partial charge is 0.345 e. The van der Waals surface area contributed by atoms with E-state index in [1.54, 1.807) is 6.92 Å². The zero-order valence-electron chi connectivity index (χ0n) is 15.2. The second-order valence-corrected chi connectivity index (χ2v) is 7.73. The van der Waals surface area contributed by atoms with Gasteiger partial charge in [-0.15, -0.1) is 0 Å². The molecule has 0 heterocycles. The van der Waals surface area contributed by atoms with E-state index in [0.717, 1.165) is 0 Å². The van der Waals surface area contributed by atoms with E-state index in [1.165, 1.54) is 0 Å². The fourth-order valence-corrected chi connectivity index (χ4v) is 2.16. The lowest BCUT2D eigenvalue weighted by Crippen LogP contribution is -2.54. The Morgan fingerprint density at radius 1 is 0.909 bits per heavy atom. The topological polar surface area (TPSA) is 75.3 Å². The summed E-state index contributed by atoms with van der Waals surface area (Å²) in [6.45, 7) is 14.8. The first-order valence-electron chi connectivity index (χ1n) is 8.00. The standard InChI is InChI=1S/C17H32N2O3/c1-10(2)9-13(20)19-14(11(3)4)16(22)18-12(5)15(21)17(6,7)8/h10-12,14H,9H2,1-8H3,(H,18,22)(H,19,20)/t12-,14?/m0/s1. The molecule has 22 heavy (non-hydrogen) atoms. The summed E-state index contributed by atoms with van der Waals surface area (Å²) in [5.41, 5.74) is -0.513. The van der Waals surface area contributed by atoms with Gasteiger partial charge in [-0.1, -0.05) is 48.5 Å². The van der Waals surface area contributed by atoms with Gasteiger partial charge in [-0.3, -0.25) is 14.4 Å². The fourth-order valence-electron chi connectivity index (χ4n) is 2.16. The lowest BCUT2D eigenvalue weighted by molar-refractivity contribution is -0.134. The van der Waals surface area contributed by atoms with E-state index in [0.29, 0.717) is 6.42 Å². The molecule has 1 unspecified atom stereocenters. The van der Waals surface area contributed by atoms with Gasteiger partial charge in [0, 0.05) is 11.8 Å². The van der Waals surface area contributed by atoms with Crippen molar-refractivity contribution in [3.05, 3.63) is 0 Å². The third-order valence-electron chi connectivity index (χ3n) is 3.35. The molecule has 128 valence electrons. The molecule has 2 amide bonds. The first-order valence-corrected chi connectivity index (χ1v) is 8.00. The first-order chi connectivity index (χ1) is 9.86. The van der Waals surface area contributed by atoms with E-state index in [4.69, 9.17) is 0 Å². The van der Waals surface area contributed by atoms with Crippen molar-refractivity contribution in [1.29, 1.82) is 0 Å². The molecule has 0 spiro atoms. The van der Waals surface area contributed by atoms with Crippen LogP contribution in [0.5, 0.6) is 0 Å². The first kappa shape index (κ1) is 20.6. The Hall–Kier alpha value is -1.39. The van der Waals surface area contributed by atoms with Gasteiger partial charge in [0.25, 0.3) is 0 Å². The molecule has 0 fully saturated rings. The number of hydrogen-bond donors (Lipinski definition) is 2. The van der Waals surface area contributed by atoms with Crippen molar-refractivity contribution in [2.45, 2.75) is 73.9 Å². The van der Waals surface area contributed by atoms with Crippen LogP contribution in [0.2, 0.25) is 0 Å². The third kappa shape index (κ3) is 7.05. The van der Waals surface area contributed by atoms with Gasteiger partial charge in [0.15, 0.2) is 5.78 Å². The molecule has 2 atom stereocenters. The maximum Gasteiger partial charge on any atom is 0.243 e. The second kappa shape index (κ2) is 8.30. The number of Topliss-reactive ketones (excluding diaryl/α,β-unsaturated/α-hetero) is 1. The van der Waals surface area contributed by atoms with Gasteiger partial charge in [-0.05, 0) is 18.8 Å². The highest BCUT2D eigenvalue weighted by Gasteiger charge is 2.31. The molecule has 0 aromatic carbocycles. The third-order valence-corrected chi connectivity index (χ3v) is 3.35. The van der Waals surface area contributed by atoms with E-state index in [1.807, 2.05) is 48.5 Å². The lowest BCUT2D eigenvalue weighted by atomic mass is 9.87. The Balaban J connectivity index is 4.81. The van der Waals surface area contributed by atoms with E-state index >= 15 is 0 Å². The molecule has 0 saturated heterocycles. The Bertz CT molecular complexity index is 409. The second-order valence-electron chi connectivity index (χ2n) is 7.73. The molecule has 0 rings (SSSR count). The van der Waals surface area contributed by atoms with Crippen LogP contribution in [-0.2, 0) is 14.4 Å². The van der Waals surface area contributed by atoms with Crippen LogP contribution >= 0.6 is 0 Å². The number of carbonyl (C=O) groups is 3. The quantitative estimate of drug-likeness (QED) is 0.757. The van der Waals surface area contributed by atoms with Gasteiger partial charge in [-0.25, -0.2) is 0 Å². The van der Waals surface area contributed by atoms with Crippen molar-refractivity contribution in [2.24, 2.45) is 17.3 Å². The zero-order chi connectivity index (χ0) is 17.7. The predicted molar refractivity (Wildman–Crippen MR) is 88.3 cm³/mol. The number of nitrogens with one attached hydrogen (secondary N) is 2. The highest BCUT2D eigenvalue weighted by molar-refractivity contribution is 5.94. The summed E-state index contributed by atoms with van der Waals surface area (Å²) in [4.78, 5) is 36.4. The Labute approximate surface area is 134 Å². The number of carbonyl (C=O) groups excluding carboxylic acids is 3. The minimum Gasteiger partial charge on any atom is -0.345 e. The van der Waals surface area contributed by atoms with Crippen LogP contribution in [0, 0.1) is 17.3 Å². The molecule has 0 aromatic rings. The van der Waals surface area contributed by atoms with Crippen LogP contribution < -0.4 is 10.6 Å². The molecule has 0 aliphatic carbocycles. The normalized spacial score (nSPS) is 14.6. The van der Waals surface area contributed by atoms with E-state index < -0.39 is 17.5 Å². The summed E-state index contributed by atoms with van der Waals surface area (Å²) in [5.74, 6) is -0.293. The maximum absolute atomic E-state index is 12.4. The predicted octanol–water partition coefficient (Wildman–Crippen LogP) is 2.29. The minimum atomic E-state index is -0.624. The van der Waals surface area contributed by atoms with E-state index in [-0.39, 0.29) is 29.4 Å². The van der Waals surface area contributed by atoms with Crippen LogP contribution in [0.15, 0.2) is 0 Å². The average molecular weight is 312 g/mol. The van der Waals surface area contributed by atoms with Gasteiger partial charge in [0.05, 0.1) is 6.04 Å². The molecular formula is C17H32N2O3. The molecule has 0 saturated carbocycles. The lowest BCUT2D eigenvalue weighted by Gasteiger charge is -2.26. The molecule has 0 aromatic heterocycles. The highest BCUT2D eigenvalue weighted by Crippen LogP contribution is 2.17. The van der Waals surface area contributed by atoms with Crippen molar-refractivity contribution in [3.8, 4) is 0 Å². The monoisotopic (exact) mass is 312 g/mol. The highest BCUT2D eigenvalue weighted by atomic mass is 16.2.